The molecule has 1 atom stereocenters. The third kappa shape index (κ3) is 5.51. The molecule has 0 aromatic carbocycles. The van der Waals surface area contributed by atoms with Crippen molar-refractivity contribution in [2.45, 2.75) is 71.8 Å². The van der Waals surface area contributed by atoms with Crippen LogP contribution in [-0.2, 0) is 16.2 Å². The van der Waals surface area contributed by atoms with Crippen molar-refractivity contribution >= 4 is 30.9 Å². The minimum Gasteiger partial charge on any atom is -0.471 e. The van der Waals surface area contributed by atoms with E-state index in [-0.39, 0.29) is 12.2 Å². The van der Waals surface area contributed by atoms with Crippen LogP contribution < -0.4 is 9.64 Å². The average Bonchev–Trinajstić information content (AvgIpc) is 2.95. The predicted octanol–water partition coefficient (Wildman–Crippen LogP) is 4.87. The normalized spacial score (nSPS) is 17.2. The number of carbonyl (C=O) groups excluding carboxylic acids is 1. The molecule has 3 heterocycles. The largest absolute Gasteiger partial charge is 0.471 e. The van der Waals surface area contributed by atoms with Crippen LogP contribution in [0.3, 0.4) is 0 Å². The van der Waals surface area contributed by atoms with Crippen LogP contribution in [0.25, 0.3) is 11.0 Å². The number of ether oxygens (including phenoxy) is 3. The van der Waals surface area contributed by atoms with E-state index >= 15 is 0 Å². The molecule has 3 rings (SSSR count). The standard InChI is InChI=1S/C21H33N3O4Si/c1-15-13-24(20(25)28-21(2,3)4)17-12-16-8-9-23(18(16)22-19(17)27-15)14-26-10-11-29(5,6)7/h8-9,12,15H,10-11,13-14H2,1-7H3/t15-/m1/s1. The summed E-state index contributed by atoms with van der Waals surface area (Å²) in [6, 6.07) is 5.04. The fraction of sp³-hybridized carbons (Fsp3) is 0.619. The van der Waals surface area contributed by atoms with Gasteiger partial charge in [-0.3, -0.25) is 4.90 Å². The fourth-order valence-electron chi connectivity index (χ4n) is 3.08. The lowest BCUT2D eigenvalue weighted by molar-refractivity contribution is 0.0550. The Balaban J connectivity index is 1.82. The second-order valence-electron chi connectivity index (χ2n) is 9.88. The van der Waals surface area contributed by atoms with Gasteiger partial charge in [-0.1, -0.05) is 19.6 Å². The Hall–Kier alpha value is -2.06. The van der Waals surface area contributed by atoms with Gasteiger partial charge in [-0.15, -0.1) is 0 Å². The molecular weight excluding hydrogens is 386 g/mol. The fourth-order valence-corrected chi connectivity index (χ4v) is 3.84. The van der Waals surface area contributed by atoms with Gasteiger partial charge in [0.05, 0.1) is 6.54 Å². The number of nitrogens with zero attached hydrogens (tertiary/aromatic N) is 3. The lowest BCUT2D eigenvalue weighted by Gasteiger charge is -2.33. The number of hydrogen-bond donors (Lipinski definition) is 0. The molecule has 0 unspecified atom stereocenters. The van der Waals surface area contributed by atoms with Gasteiger partial charge in [-0.05, 0) is 45.9 Å². The van der Waals surface area contributed by atoms with E-state index in [2.05, 4.69) is 19.6 Å². The maximum Gasteiger partial charge on any atom is 0.415 e. The molecule has 0 saturated heterocycles. The Morgan fingerprint density at radius 2 is 2.07 bits per heavy atom. The van der Waals surface area contributed by atoms with Crippen LogP contribution in [0.4, 0.5) is 10.5 Å². The molecule has 8 heteroatoms. The maximum absolute atomic E-state index is 12.7. The number of pyridine rings is 1. The molecule has 1 amide bonds. The van der Waals surface area contributed by atoms with Crippen LogP contribution in [0.2, 0.25) is 25.7 Å². The Morgan fingerprint density at radius 1 is 1.34 bits per heavy atom. The van der Waals surface area contributed by atoms with Crippen LogP contribution in [-0.4, -0.2) is 48.6 Å². The van der Waals surface area contributed by atoms with E-state index in [1.165, 1.54) is 0 Å². The average molecular weight is 420 g/mol. The van der Waals surface area contributed by atoms with E-state index in [4.69, 9.17) is 19.2 Å². The number of aromatic nitrogens is 2. The van der Waals surface area contributed by atoms with Gasteiger partial charge in [-0.25, -0.2) is 4.79 Å². The molecule has 0 radical (unpaired) electrons. The summed E-state index contributed by atoms with van der Waals surface area (Å²) in [6.07, 6.45) is 1.40. The van der Waals surface area contributed by atoms with E-state index in [0.29, 0.717) is 24.8 Å². The zero-order valence-electron chi connectivity index (χ0n) is 18.6. The van der Waals surface area contributed by atoms with Crippen LogP contribution in [0.15, 0.2) is 18.3 Å². The highest BCUT2D eigenvalue weighted by Gasteiger charge is 2.32. The summed E-state index contributed by atoms with van der Waals surface area (Å²) in [4.78, 5) is 19.0. The van der Waals surface area contributed by atoms with Gasteiger partial charge >= 0.3 is 6.09 Å². The van der Waals surface area contributed by atoms with Gasteiger partial charge in [-0.2, -0.15) is 4.98 Å². The number of fused-ring (bicyclic) bond motifs is 2. The lowest BCUT2D eigenvalue weighted by atomic mass is 10.2. The van der Waals surface area contributed by atoms with Crippen LogP contribution in [0.1, 0.15) is 27.7 Å². The highest BCUT2D eigenvalue weighted by atomic mass is 28.3. The second-order valence-corrected chi connectivity index (χ2v) is 15.5. The van der Waals surface area contributed by atoms with Crippen molar-refractivity contribution in [1.29, 1.82) is 0 Å². The highest BCUT2D eigenvalue weighted by Crippen LogP contribution is 2.35. The summed E-state index contributed by atoms with van der Waals surface area (Å²) in [5.41, 5.74) is 0.865. The van der Waals surface area contributed by atoms with Gasteiger partial charge in [0.15, 0.2) is 0 Å². The van der Waals surface area contributed by atoms with Gasteiger partial charge < -0.3 is 18.8 Å². The number of hydrogen-bond acceptors (Lipinski definition) is 5. The molecule has 2 aromatic rings. The monoisotopic (exact) mass is 419 g/mol. The number of carbonyl (C=O) groups is 1. The molecule has 7 nitrogen and oxygen atoms in total. The minimum absolute atomic E-state index is 0.170. The van der Waals surface area contributed by atoms with Crippen molar-refractivity contribution in [2.24, 2.45) is 0 Å². The number of rotatable bonds is 5. The van der Waals surface area contributed by atoms with Crippen molar-refractivity contribution in [3.8, 4) is 5.88 Å². The second kappa shape index (κ2) is 7.99. The molecule has 2 aromatic heterocycles. The van der Waals surface area contributed by atoms with Crippen molar-refractivity contribution in [3.63, 3.8) is 0 Å². The summed E-state index contributed by atoms with van der Waals surface area (Å²) in [6.45, 7) is 16.1. The number of amides is 1. The van der Waals surface area contributed by atoms with Crippen LogP contribution in [0.5, 0.6) is 5.88 Å². The molecule has 29 heavy (non-hydrogen) atoms. The number of anilines is 1. The Kier molecular flexibility index (Phi) is 5.96. The van der Waals surface area contributed by atoms with Crippen molar-refractivity contribution in [1.82, 2.24) is 9.55 Å². The SMILES string of the molecule is C[C@@H]1CN(C(=O)OC(C)(C)C)c2cc3ccn(COCC[Si](C)(C)C)c3nc2O1. The Morgan fingerprint density at radius 3 is 2.72 bits per heavy atom. The zero-order valence-corrected chi connectivity index (χ0v) is 19.6. The summed E-state index contributed by atoms with van der Waals surface area (Å²) < 4.78 is 19.4. The van der Waals surface area contributed by atoms with Gasteiger partial charge in [0.2, 0.25) is 5.88 Å². The first kappa shape index (κ1) is 21.6. The lowest BCUT2D eigenvalue weighted by Crippen LogP contribution is -2.45. The smallest absolute Gasteiger partial charge is 0.415 e. The first-order valence-corrected chi connectivity index (χ1v) is 13.9. The third-order valence-electron chi connectivity index (χ3n) is 4.57. The zero-order chi connectivity index (χ0) is 21.4. The van der Waals surface area contributed by atoms with Gasteiger partial charge in [0.1, 0.15) is 29.8 Å². The van der Waals surface area contributed by atoms with Gasteiger partial charge in [0.25, 0.3) is 0 Å². The molecule has 0 spiro atoms. The first-order valence-electron chi connectivity index (χ1n) is 10.2. The highest BCUT2D eigenvalue weighted by molar-refractivity contribution is 6.76. The maximum atomic E-state index is 12.7. The summed E-state index contributed by atoms with van der Waals surface area (Å²) in [5.74, 6) is 0.448. The Labute approximate surface area is 173 Å². The van der Waals surface area contributed by atoms with E-state index in [9.17, 15) is 4.79 Å². The molecule has 160 valence electrons. The molecule has 1 aliphatic rings. The van der Waals surface area contributed by atoms with Crippen LogP contribution >= 0.6 is 0 Å². The summed E-state index contributed by atoms with van der Waals surface area (Å²) in [7, 11) is -1.12. The third-order valence-corrected chi connectivity index (χ3v) is 6.27. The first-order chi connectivity index (χ1) is 13.4. The van der Waals surface area contributed by atoms with Gasteiger partial charge in [0, 0.05) is 26.3 Å². The van der Waals surface area contributed by atoms with Crippen LogP contribution in [0, 0.1) is 0 Å². The topological polar surface area (TPSA) is 65.8 Å². The van der Waals surface area contributed by atoms with E-state index in [1.54, 1.807) is 4.90 Å². The quantitative estimate of drug-likeness (QED) is 0.511. The molecule has 0 bridgehead atoms. The van der Waals surface area contributed by atoms with E-state index in [1.807, 2.05) is 50.6 Å². The van der Waals surface area contributed by atoms with Crippen molar-refractivity contribution < 1.29 is 19.0 Å². The minimum atomic E-state index is -1.12. The predicted molar refractivity (Wildman–Crippen MR) is 118 cm³/mol. The van der Waals surface area contributed by atoms with E-state index < -0.39 is 13.7 Å². The molecule has 1 aliphatic heterocycles. The molecular formula is C21H33N3O4Si. The summed E-state index contributed by atoms with van der Waals surface area (Å²) >= 11 is 0. The summed E-state index contributed by atoms with van der Waals surface area (Å²) in [5, 5.41) is 0.934. The van der Waals surface area contributed by atoms with E-state index in [0.717, 1.165) is 23.7 Å². The van der Waals surface area contributed by atoms with Crippen molar-refractivity contribution in [3.05, 3.63) is 18.3 Å². The molecule has 0 aliphatic carbocycles. The molecule has 0 fully saturated rings. The molecule has 0 N–H and O–H groups in total. The molecule has 0 saturated carbocycles. The van der Waals surface area contributed by atoms with Crippen molar-refractivity contribution in [2.75, 3.05) is 18.1 Å². The Bertz CT molecular complexity index is 882.